The summed E-state index contributed by atoms with van der Waals surface area (Å²) in [6.07, 6.45) is 1.85. The molecule has 0 atom stereocenters. The molecular weight excluding hydrogens is 352 g/mol. The van der Waals surface area contributed by atoms with Crippen molar-refractivity contribution in [3.05, 3.63) is 94.0 Å². The van der Waals surface area contributed by atoms with Gasteiger partial charge in [-0.2, -0.15) is 0 Å². The summed E-state index contributed by atoms with van der Waals surface area (Å²) in [6.45, 7) is 16.7. The monoisotopic (exact) mass is 380 g/mol. The standard InChI is InChI=1S/C25H29ClO/c1-17-7-14-23(26)21(15-17)9-8-18(2)19(3)16-24(27)20-10-12-22(13-11-20)25(4,5)6/h7,10-15H,2-3,8-9,16H2,1,4-6H3. The van der Waals surface area contributed by atoms with Crippen molar-refractivity contribution in [1.82, 2.24) is 0 Å². The molecule has 0 amide bonds. The molecule has 0 aromatic heterocycles. The molecule has 142 valence electrons. The summed E-state index contributed by atoms with van der Waals surface area (Å²) in [5.41, 5.74) is 6.02. The van der Waals surface area contributed by atoms with Gasteiger partial charge in [-0.15, -0.1) is 0 Å². The maximum Gasteiger partial charge on any atom is 0.167 e. The van der Waals surface area contributed by atoms with Gasteiger partial charge < -0.3 is 0 Å². The quantitative estimate of drug-likeness (QED) is 0.364. The molecule has 1 nitrogen and oxygen atoms in total. The van der Waals surface area contributed by atoms with E-state index in [1.807, 2.05) is 36.4 Å². The Bertz CT molecular complexity index is 851. The Morgan fingerprint density at radius 2 is 1.63 bits per heavy atom. The predicted octanol–water partition coefficient (Wildman–Crippen LogP) is 7.26. The van der Waals surface area contributed by atoms with Gasteiger partial charge in [0.2, 0.25) is 0 Å². The van der Waals surface area contributed by atoms with Crippen LogP contribution in [-0.4, -0.2) is 5.78 Å². The Hall–Kier alpha value is -2.12. The minimum atomic E-state index is 0.0789. The number of aryl methyl sites for hydroxylation is 2. The van der Waals surface area contributed by atoms with Crippen LogP contribution in [0.15, 0.2) is 66.8 Å². The number of Topliss-reactive ketones (excluding diaryl/α,β-unsaturated/α-hetero) is 1. The van der Waals surface area contributed by atoms with E-state index in [1.165, 1.54) is 11.1 Å². The van der Waals surface area contributed by atoms with Crippen LogP contribution in [0.5, 0.6) is 0 Å². The number of hydrogen-bond acceptors (Lipinski definition) is 1. The Morgan fingerprint density at radius 3 is 2.22 bits per heavy atom. The molecule has 0 saturated heterocycles. The molecule has 0 heterocycles. The van der Waals surface area contributed by atoms with E-state index >= 15 is 0 Å². The van der Waals surface area contributed by atoms with Crippen molar-refractivity contribution >= 4 is 17.4 Å². The van der Waals surface area contributed by atoms with Crippen LogP contribution in [0.1, 0.15) is 60.7 Å². The number of ketones is 1. The van der Waals surface area contributed by atoms with E-state index in [0.29, 0.717) is 6.42 Å². The largest absolute Gasteiger partial charge is 0.294 e. The molecule has 2 heteroatoms. The molecule has 0 saturated carbocycles. The highest BCUT2D eigenvalue weighted by molar-refractivity contribution is 6.31. The van der Waals surface area contributed by atoms with Crippen molar-refractivity contribution in [2.75, 3.05) is 0 Å². The van der Waals surface area contributed by atoms with E-state index in [2.05, 4.69) is 46.9 Å². The molecule has 0 aliphatic heterocycles. The van der Waals surface area contributed by atoms with Crippen LogP contribution in [0.3, 0.4) is 0 Å². The lowest BCUT2D eigenvalue weighted by Gasteiger charge is -2.19. The molecule has 0 fully saturated rings. The molecule has 0 spiro atoms. The van der Waals surface area contributed by atoms with Gasteiger partial charge in [0.25, 0.3) is 0 Å². The predicted molar refractivity (Wildman–Crippen MR) is 117 cm³/mol. The Balaban J connectivity index is 1.94. The van der Waals surface area contributed by atoms with Crippen LogP contribution < -0.4 is 0 Å². The SMILES string of the molecule is C=C(CCc1cc(C)ccc1Cl)C(=C)CC(=O)c1ccc(C(C)(C)C)cc1. The number of hydrogen-bond donors (Lipinski definition) is 0. The van der Waals surface area contributed by atoms with Crippen LogP contribution in [0.2, 0.25) is 5.02 Å². The first kappa shape index (κ1) is 21.2. The Morgan fingerprint density at radius 1 is 1.00 bits per heavy atom. The van der Waals surface area contributed by atoms with E-state index in [0.717, 1.165) is 40.1 Å². The maximum absolute atomic E-state index is 12.6. The molecule has 0 aliphatic carbocycles. The third kappa shape index (κ3) is 5.94. The third-order valence-electron chi connectivity index (χ3n) is 4.84. The molecule has 0 bridgehead atoms. The fraction of sp³-hybridized carbons (Fsp3) is 0.320. The smallest absolute Gasteiger partial charge is 0.167 e. The molecule has 2 aromatic rings. The van der Waals surface area contributed by atoms with Crippen LogP contribution >= 0.6 is 11.6 Å². The number of rotatable bonds is 7. The summed E-state index contributed by atoms with van der Waals surface area (Å²) in [5.74, 6) is 0.0789. The van der Waals surface area contributed by atoms with Gasteiger partial charge in [0, 0.05) is 17.0 Å². The van der Waals surface area contributed by atoms with E-state index in [-0.39, 0.29) is 11.2 Å². The molecular formula is C25H29ClO. The summed E-state index contributed by atoms with van der Waals surface area (Å²) >= 11 is 6.26. The summed E-state index contributed by atoms with van der Waals surface area (Å²) < 4.78 is 0. The second-order valence-corrected chi connectivity index (χ2v) is 8.64. The molecule has 2 rings (SSSR count). The topological polar surface area (TPSA) is 17.1 Å². The molecule has 0 unspecified atom stereocenters. The van der Waals surface area contributed by atoms with E-state index < -0.39 is 0 Å². The fourth-order valence-electron chi connectivity index (χ4n) is 2.93. The summed E-state index contributed by atoms with van der Waals surface area (Å²) in [7, 11) is 0. The van der Waals surface area contributed by atoms with Crippen molar-refractivity contribution in [2.24, 2.45) is 0 Å². The molecule has 0 N–H and O–H groups in total. The number of halogens is 1. The summed E-state index contributed by atoms with van der Waals surface area (Å²) in [4.78, 5) is 12.6. The van der Waals surface area contributed by atoms with E-state index in [4.69, 9.17) is 11.6 Å². The van der Waals surface area contributed by atoms with Gasteiger partial charge in [-0.1, -0.05) is 93.1 Å². The number of allylic oxidation sites excluding steroid dienone is 2. The fourth-order valence-corrected chi connectivity index (χ4v) is 3.15. The number of carbonyl (C=O) groups is 1. The van der Waals surface area contributed by atoms with Crippen molar-refractivity contribution in [3.8, 4) is 0 Å². The average molecular weight is 381 g/mol. The Labute approximate surface area is 168 Å². The highest BCUT2D eigenvalue weighted by atomic mass is 35.5. The van der Waals surface area contributed by atoms with Crippen molar-refractivity contribution in [2.45, 2.75) is 52.4 Å². The molecule has 0 aliphatic rings. The third-order valence-corrected chi connectivity index (χ3v) is 5.21. The maximum atomic E-state index is 12.6. The van der Waals surface area contributed by atoms with Gasteiger partial charge in [-0.25, -0.2) is 0 Å². The van der Waals surface area contributed by atoms with Gasteiger partial charge in [-0.05, 0) is 47.9 Å². The zero-order valence-electron chi connectivity index (χ0n) is 16.9. The van der Waals surface area contributed by atoms with Crippen molar-refractivity contribution in [1.29, 1.82) is 0 Å². The summed E-state index contributed by atoms with van der Waals surface area (Å²) in [5, 5.41) is 0.772. The minimum Gasteiger partial charge on any atom is -0.294 e. The van der Waals surface area contributed by atoms with Gasteiger partial charge >= 0.3 is 0 Å². The first-order chi connectivity index (χ1) is 12.6. The minimum absolute atomic E-state index is 0.0789. The zero-order chi connectivity index (χ0) is 20.2. The van der Waals surface area contributed by atoms with Crippen LogP contribution in [0.25, 0.3) is 0 Å². The summed E-state index contributed by atoms with van der Waals surface area (Å²) in [6, 6.07) is 13.9. The van der Waals surface area contributed by atoms with Crippen molar-refractivity contribution in [3.63, 3.8) is 0 Å². The zero-order valence-corrected chi connectivity index (χ0v) is 17.6. The van der Waals surface area contributed by atoms with Crippen LogP contribution in [0.4, 0.5) is 0 Å². The lowest BCUT2D eigenvalue weighted by Crippen LogP contribution is -2.11. The van der Waals surface area contributed by atoms with Gasteiger partial charge in [0.05, 0.1) is 0 Å². The van der Waals surface area contributed by atoms with Gasteiger partial charge in [0.1, 0.15) is 0 Å². The average Bonchev–Trinajstić information content (AvgIpc) is 2.61. The Kier molecular flexibility index (Phi) is 6.84. The van der Waals surface area contributed by atoms with Crippen LogP contribution in [-0.2, 0) is 11.8 Å². The highest BCUT2D eigenvalue weighted by Gasteiger charge is 2.15. The lowest BCUT2D eigenvalue weighted by atomic mass is 9.86. The lowest BCUT2D eigenvalue weighted by molar-refractivity contribution is 0.0993. The number of carbonyl (C=O) groups excluding carboxylic acids is 1. The highest BCUT2D eigenvalue weighted by Crippen LogP contribution is 2.25. The van der Waals surface area contributed by atoms with E-state index in [1.54, 1.807) is 0 Å². The van der Waals surface area contributed by atoms with Crippen molar-refractivity contribution < 1.29 is 4.79 Å². The second kappa shape index (κ2) is 8.71. The number of benzene rings is 2. The van der Waals surface area contributed by atoms with Crippen LogP contribution in [0, 0.1) is 6.92 Å². The van der Waals surface area contributed by atoms with Gasteiger partial charge in [-0.3, -0.25) is 4.79 Å². The first-order valence-corrected chi connectivity index (χ1v) is 9.70. The molecule has 27 heavy (non-hydrogen) atoms. The second-order valence-electron chi connectivity index (χ2n) is 8.23. The molecule has 2 aromatic carbocycles. The molecule has 0 radical (unpaired) electrons. The van der Waals surface area contributed by atoms with Gasteiger partial charge in [0.15, 0.2) is 5.78 Å². The first-order valence-electron chi connectivity index (χ1n) is 9.32. The normalized spacial score (nSPS) is 11.3. The van der Waals surface area contributed by atoms with E-state index in [9.17, 15) is 4.79 Å².